The molecular weight excluding hydrogens is 376 g/mol. The summed E-state index contributed by atoms with van der Waals surface area (Å²) in [5.74, 6) is 0. The summed E-state index contributed by atoms with van der Waals surface area (Å²) in [4.78, 5) is 0.374. The molecule has 1 saturated heterocycles. The van der Waals surface area contributed by atoms with Gasteiger partial charge in [-0.25, -0.2) is 8.42 Å². The zero-order valence-corrected chi connectivity index (χ0v) is 15.5. The van der Waals surface area contributed by atoms with Crippen molar-refractivity contribution in [3.8, 4) is 0 Å². The number of piperidine rings is 1. The fraction of sp³-hybridized carbons (Fsp3) is 0.571. The van der Waals surface area contributed by atoms with E-state index in [1.807, 2.05) is 19.9 Å². The molecule has 120 valence electrons. The Balaban J connectivity index is 0.00000220. The van der Waals surface area contributed by atoms with E-state index in [0.717, 1.165) is 29.3 Å². The number of halogens is 2. The van der Waals surface area contributed by atoms with Gasteiger partial charge in [-0.05, 0) is 44.4 Å². The van der Waals surface area contributed by atoms with Gasteiger partial charge in [-0.3, -0.25) is 0 Å². The third kappa shape index (κ3) is 3.79. The van der Waals surface area contributed by atoms with E-state index in [0.29, 0.717) is 11.4 Å². The highest BCUT2D eigenvalue weighted by Crippen LogP contribution is 2.30. The number of benzene rings is 1. The molecule has 2 unspecified atom stereocenters. The van der Waals surface area contributed by atoms with Gasteiger partial charge in [-0.1, -0.05) is 28.4 Å². The van der Waals surface area contributed by atoms with E-state index in [4.69, 9.17) is 5.73 Å². The number of sulfonamides is 1. The lowest BCUT2D eigenvalue weighted by Crippen LogP contribution is -2.51. The summed E-state index contributed by atoms with van der Waals surface area (Å²) in [6, 6.07) is 5.02. The van der Waals surface area contributed by atoms with Crippen molar-refractivity contribution >= 4 is 38.4 Å². The molecule has 1 aromatic carbocycles. The molecule has 2 atom stereocenters. The van der Waals surface area contributed by atoms with Crippen molar-refractivity contribution in [2.75, 3.05) is 6.54 Å². The van der Waals surface area contributed by atoms with Gasteiger partial charge in [0.25, 0.3) is 0 Å². The quantitative estimate of drug-likeness (QED) is 0.852. The van der Waals surface area contributed by atoms with Crippen molar-refractivity contribution < 1.29 is 8.42 Å². The molecule has 1 fully saturated rings. The molecule has 1 aliphatic rings. The Labute approximate surface area is 141 Å². The molecule has 0 amide bonds. The van der Waals surface area contributed by atoms with Gasteiger partial charge < -0.3 is 5.73 Å². The standard InChI is InChI=1S/C14H21BrN2O2S.ClH/c1-10-12(15)6-5-8-14(10)20(18,19)17-9-4-3-7-13(17)11(2)16;/h5-6,8,11,13H,3-4,7,9,16H2,1-2H3;1H. The molecule has 0 saturated carbocycles. The van der Waals surface area contributed by atoms with Crippen LogP contribution in [0, 0.1) is 6.92 Å². The first-order valence-electron chi connectivity index (χ1n) is 6.88. The van der Waals surface area contributed by atoms with E-state index in [2.05, 4.69) is 15.9 Å². The molecular formula is C14H22BrClN2O2S. The van der Waals surface area contributed by atoms with Crippen molar-refractivity contribution in [1.29, 1.82) is 0 Å². The summed E-state index contributed by atoms with van der Waals surface area (Å²) in [6.07, 6.45) is 2.77. The zero-order chi connectivity index (χ0) is 14.9. The average Bonchev–Trinajstić information content (AvgIpc) is 2.41. The lowest BCUT2D eigenvalue weighted by Gasteiger charge is -2.37. The Morgan fingerprint density at radius 3 is 2.67 bits per heavy atom. The van der Waals surface area contributed by atoms with Crippen LogP contribution in [0.1, 0.15) is 31.7 Å². The number of nitrogens with zero attached hydrogens (tertiary/aromatic N) is 1. The summed E-state index contributed by atoms with van der Waals surface area (Å²) >= 11 is 3.40. The average molecular weight is 398 g/mol. The van der Waals surface area contributed by atoms with E-state index in [1.165, 1.54) is 0 Å². The summed E-state index contributed by atoms with van der Waals surface area (Å²) in [6.45, 7) is 4.26. The summed E-state index contributed by atoms with van der Waals surface area (Å²) in [5.41, 5.74) is 6.74. The molecule has 2 N–H and O–H groups in total. The molecule has 0 aromatic heterocycles. The van der Waals surface area contributed by atoms with Crippen molar-refractivity contribution in [1.82, 2.24) is 4.31 Å². The van der Waals surface area contributed by atoms with E-state index in [-0.39, 0.29) is 24.5 Å². The van der Waals surface area contributed by atoms with Crippen LogP contribution in [0.4, 0.5) is 0 Å². The van der Waals surface area contributed by atoms with Crippen LogP contribution < -0.4 is 5.73 Å². The minimum Gasteiger partial charge on any atom is -0.326 e. The lowest BCUT2D eigenvalue weighted by molar-refractivity contribution is 0.227. The summed E-state index contributed by atoms with van der Waals surface area (Å²) in [7, 11) is -3.49. The van der Waals surface area contributed by atoms with Gasteiger partial charge in [0.1, 0.15) is 0 Å². The topological polar surface area (TPSA) is 63.4 Å². The SMILES string of the molecule is Cc1c(Br)cccc1S(=O)(=O)N1CCCCC1C(C)N.Cl. The van der Waals surface area contributed by atoms with E-state index in [9.17, 15) is 8.42 Å². The molecule has 2 rings (SSSR count). The number of rotatable bonds is 3. The highest BCUT2D eigenvalue weighted by atomic mass is 79.9. The minimum absolute atomic E-state index is 0. The summed E-state index contributed by atoms with van der Waals surface area (Å²) in [5, 5.41) is 0. The van der Waals surface area contributed by atoms with Crippen LogP contribution in [0.25, 0.3) is 0 Å². The molecule has 1 aliphatic heterocycles. The zero-order valence-electron chi connectivity index (χ0n) is 12.3. The molecule has 21 heavy (non-hydrogen) atoms. The van der Waals surface area contributed by atoms with E-state index < -0.39 is 10.0 Å². The highest BCUT2D eigenvalue weighted by Gasteiger charge is 2.36. The Morgan fingerprint density at radius 1 is 1.38 bits per heavy atom. The van der Waals surface area contributed by atoms with Crippen LogP contribution in [0.15, 0.2) is 27.6 Å². The Bertz CT molecular complexity index is 593. The van der Waals surface area contributed by atoms with Crippen molar-refractivity contribution in [2.24, 2.45) is 5.73 Å². The third-order valence-electron chi connectivity index (χ3n) is 3.91. The molecule has 1 heterocycles. The molecule has 1 aromatic rings. The molecule has 0 radical (unpaired) electrons. The van der Waals surface area contributed by atoms with Crippen molar-refractivity contribution in [3.63, 3.8) is 0 Å². The number of hydrogen-bond donors (Lipinski definition) is 1. The maximum Gasteiger partial charge on any atom is 0.243 e. The van der Waals surface area contributed by atoms with Gasteiger partial charge >= 0.3 is 0 Å². The molecule has 4 nitrogen and oxygen atoms in total. The second kappa shape index (κ2) is 7.42. The van der Waals surface area contributed by atoms with Gasteiger partial charge in [-0.2, -0.15) is 4.31 Å². The van der Waals surface area contributed by atoms with E-state index in [1.54, 1.807) is 16.4 Å². The molecule has 0 bridgehead atoms. The van der Waals surface area contributed by atoms with Crippen LogP contribution >= 0.6 is 28.3 Å². The maximum absolute atomic E-state index is 12.9. The predicted molar refractivity (Wildman–Crippen MR) is 91.3 cm³/mol. The fourth-order valence-electron chi connectivity index (χ4n) is 2.75. The van der Waals surface area contributed by atoms with Crippen molar-refractivity contribution in [2.45, 2.75) is 50.1 Å². The molecule has 0 aliphatic carbocycles. The van der Waals surface area contributed by atoms with Crippen LogP contribution in [0.3, 0.4) is 0 Å². The van der Waals surface area contributed by atoms with Crippen LogP contribution in [-0.2, 0) is 10.0 Å². The fourth-order valence-corrected chi connectivity index (χ4v) is 5.27. The molecule has 0 spiro atoms. The smallest absolute Gasteiger partial charge is 0.243 e. The van der Waals surface area contributed by atoms with Crippen LogP contribution in [-0.4, -0.2) is 31.4 Å². The first-order valence-corrected chi connectivity index (χ1v) is 9.11. The molecule has 7 heteroatoms. The van der Waals surface area contributed by atoms with Gasteiger partial charge in [0.2, 0.25) is 10.0 Å². The van der Waals surface area contributed by atoms with Gasteiger partial charge in [0.15, 0.2) is 0 Å². The largest absolute Gasteiger partial charge is 0.326 e. The highest BCUT2D eigenvalue weighted by molar-refractivity contribution is 9.10. The van der Waals surface area contributed by atoms with Gasteiger partial charge in [0, 0.05) is 23.1 Å². The second-order valence-electron chi connectivity index (χ2n) is 5.40. The maximum atomic E-state index is 12.9. The lowest BCUT2D eigenvalue weighted by atomic mass is 10.00. The monoisotopic (exact) mass is 396 g/mol. The Morgan fingerprint density at radius 2 is 2.05 bits per heavy atom. The second-order valence-corrected chi connectivity index (χ2v) is 8.11. The van der Waals surface area contributed by atoms with E-state index >= 15 is 0 Å². The normalized spacial score (nSPS) is 21.6. The van der Waals surface area contributed by atoms with Gasteiger partial charge in [0.05, 0.1) is 4.90 Å². The van der Waals surface area contributed by atoms with Gasteiger partial charge in [-0.15, -0.1) is 12.4 Å². The first-order chi connectivity index (χ1) is 9.35. The van der Waals surface area contributed by atoms with Crippen LogP contribution in [0.2, 0.25) is 0 Å². The summed E-state index contributed by atoms with van der Waals surface area (Å²) < 4.78 is 28.3. The first kappa shape index (κ1) is 18.9. The Hall–Kier alpha value is -0.140. The predicted octanol–water partition coefficient (Wildman–Crippen LogP) is 3.07. The minimum atomic E-state index is -3.49. The Kier molecular flexibility index (Phi) is 6.68. The third-order valence-corrected chi connectivity index (χ3v) is 6.84. The number of nitrogens with two attached hydrogens (primary N) is 1. The van der Waals surface area contributed by atoms with Crippen molar-refractivity contribution in [3.05, 3.63) is 28.2 Å². The number of hydrogen-bond acceptors (Lipinski definition) is 3. The van der Waals surface area contributed by atoms with Crippen LogP contribution in [0.5, 0.6) is 0 Å².